The zero-order valence-corrected chi connectivity index (χ0v) is 11.4. The van der Waals surface area contributed by atoms with Crippen LogP contribution in [0.15, 0.2) is 24.4 Å². The van der Waals surface area contributed by atoms with Crippen LogP contribution in [0.1, 0.15) is 5.56 Å². The van der Waals surface area contributed by atoms with E-state index in [4.69, 9.17) is 4.74 Å². The van der Waals surface area contributed by atoms with E-state index < -0.39 is 6.09 Å². The molecule has 19 heavy (non-hydrogen) atoms. The molecule has 1 aromatic heterocycles. The number of rotatable bonds is 4. The van der Waals surface area contributed by atoms with E-state index >= 15 is 0 Å². The van der Waals surface area contributed by atoms with Crippen LogP contribution in [0.2, 0.25) is 0 Å². The molecule has 0 saturated carbocycles. The first-order valence-corrected chi connectivity index (χ1v) is 6.09. The summed E-state index contributed by atoms with van der Waals surface area (Å²) >= 11 is 0. The molecule has 0 unspecified atom stereocenters. The highest BCUT2D eigenvalue weighted by Crippen LogP contribution is 2.26. The molecular formula is C14H18N2O3. The number of nitrogens with zero attached hydrogens (tertiary/aromatic N) is 2. The summed E-state index contributed by atoms with van der Waals surface area (Å²) in [6.45, 7) is 0.871. The molecule has 5 heteroatoms. The normalized spacial score (nSPS) is 11.2. The maximum absolute atomic E-state index is 11.2. The number of hydrogen-bond acceptors (Lipinski definition) is 3. The Labute approximate surface area is 112 Å². The highest BCUT2D eigenvalue weighted by atomic mass is 16.5. The van der Waals surface area contributed by atoms with E-state index in [-0.39, 0.29) is 0 Å². The van der Waals surface area contributed by atoms with E-state index in [1.165, 1.54) is 4.57 Å². The van der Waals surface area contributed by atoms with Crippen molar-refractivity contribution in [3.8, 4) is 5.75 Å². The Kier molecular flexibility index (Phi) is 3.76. The standard InChI is InChI=1S/C14H18N2O3/c1-15(2)7-6-10-9-16(14(17)18)13-5-4-11(19-3)8-12(10)13/h4-5,8-9H,6-7H2,1-3H3,(H,17,18). The van der Waals surface area contributed by atoms with Gasteiger partial charge in [-0.15, -0.1) is 0 Å². The van der Waals surface area contributed by atoms with Crippen molar-refractivity contribution in [3.05, 3.63) is 30.0 Å². The minimum atomic E-state index is -0.966. The van der Waals surface area contributed by atoms with E-state index in [0.29, 0.717) is 5.52 Å². The van der Waals surface area contributed by atoms with Crippen LogP contribution in [0.5, 0.6) is 5.75 Å². The maximum atomic E-state index is 11.2. The highest BCUT2D eigenvalue weighted by Gasteiger charge is 2.13. The first-order valence-electron chi connectivity index (χ1n) is 6.09. The van der Waals surface area contributed by atoms with Crippen LogP contribution in [0.4, 0.5) is 4.79 Å². The molecule has 0 spiro atoms. The molecule has 0 saturated heterocycles. The first-order chi connectivity index (χ1) is 9.02. The predicted molar refractivity (Wildman–Crippen MR) is 74.2 cm³/mol. The zero-order valence-electron chi connectivity index (χ0n) is 11.4. The number of likely N-dealkylation sites (N-methyl/N-ethyl adjacent to an activating group) is 1. The number of carboxylic acid groups (broad SMARTS) is 1. The molecule has 0 amide bonds. The summed E-state index contributed by atoms with van der Waals surface area (Å²) in [7, 11) is 5.60. The van der Waals surface area contributed by atoms with Crippen molar-refractivity contribution in [3.63, 3.8) is 0 Å². The van der Waals surface area contributed by atoms with Crippen LogP contribution in [0, 0.1) is 0 Å². The lowest BCUT2D eigenvalue weighted by Gasteiger charge is -2.08. The largest absolute Gasteiger partial charge is 0.497 e. The number of ether oxygens (including phenoxy) is 1. The summed E-state index contributed by atoms with van der Waals surface area (Å²) in [5.41, 5.74) is 1.71. The average molecular weight is 262 g/mol. The van der Waals surface area contributed by atoms with E-state index in [0.717, 1.165) is 29.7 Å². The average Bonchev–Trinajstić information content (AvgIpc) is 2.74. The van der Waals surface area contributed by atoms with Crippen LogP contribution in [0.25, 0.3) is 10.9 Å². The quantitative estimate of drug-likeness (QED) is 0.918. The minimum Gasteiger partial charge on any atom is -0.497 e. The van der Waals surface area contributed by atoms with E-state index in [9.17, 15) is 9.90 Å². The van der Waals surface area contributed by atoms with Gasteiger partial charge in [0.25, 0.3) is 0 Å². The SMILES string of the molecule is COc1ccc2c(c1)c(CCN(C)C)cn2C(=O)O. The molecule has 1 aromatic carbocycles. The fraction of sp³-hybridized carbons (Fsp3) is 0.357. The van der Waals surface area contributed by atoms with Crippen molar-refractivity contribution < 1.29 is 14.6 Å². The van der Waals surface area contributed by atoms with Gasteiger partial charge in [-0.3, -0.25) is 4.57 Å². The van der Waals surface area contributed by atoms with Gasteiger partial charge >= 0.3 is 6.09 Å². The summed E-state index contributed by atoms with van der Waals surface area (Å²) in [5.74, 6) is 0.738. The first kappa shape index (κ1) is 13.4. The molecular weight excluding hydrogens is 244 g/mol. The number of aromatic nitrogens is 1. The second-order valence-corrected chi connectivity index (χ2v) is 4.74. The Morgan fingerprint density at radius 1 is 1.42 bits per heavy atom. The summed E-state index contributed by atoms with van der Waals surface area (Å²) in [6.07, 6.45) is 1.53. The van der Waals surface area contributed by atoms with Crippen LogP contribution >= 0.6 is 0 Å². The molecule has 0 aliphatic rings. The van der Waals surface area contributed by atoms with Gasteiger partial charge in [-0.2, -0.15) is 0 Å². The van der Waals surface area contributed by atoms with Crippen LogP contribution in [-0.4, -0.2) is 48.4 Å². The summed E-state index contributed by atoms with van der Waals surface area (Å²) in [5, 5.41) is 10.2. The van der Waals surface area contributed by atoms with Gasteiger partial charge in [0.1, 0.15) is 5.75 Å². The summed E-state index contributed by atoms with van der Waals surface area (Å²) < 4.78 is 6.47. The summed E-state index contributed by atoms with van der Waals surface area (Å²) in [4.78, 5) is 13.3. The predicted octanol–water partition coefficient (Wildman–Crippen LogP) is 2.28. The molecule has 0 fully saturated rings. The Morgan fingerprint density at radius 3 is 2.74 bits per heavy atom. The molecule has 0 radical (unpaired) electrons. The van der Waals surface area contributed by atoms with E-state index in [1.54, 1.807) is 25.4 Å². The third-order valence-electron chi connectivity index (χ3n) is 3.13. The smallest absolute Gasteiger partial charge is 0.416 e. The second kappa shape index (κ2) is 5.32. The number of hydrogen-bond donors (Lipinski definition) is 1. The van der Waals surface area contributed by atoms with Gasteiger partial charge in [0, 0.05) is 18.1 Å². The maximum Gasteiger partial charge on any atom is 0.416 e. The number of carbonyl (C=O) groups is 1. The monoisotopic (exact) mass is 262 g/mol. The molecule has 0 bridgehead atoms. The lowest BCUT2D eigenvalue weighted by Crippen LogP contribution is -2.15. The van der Waals surface area contributed by atoms with Crippen LogP contribution < -0.4 is 4.74 Å². The Bertz CT molecular complexity index is 602. The Morgan fingerprint density at radius 2 is 2.16 bits per heavy atom. The van der Waals surface area contributed by atoms with Gasteiger partial charge < -0.3 is 14.7 Å². The van der Waals surface area contributed by atoms with Crippen LogP contribution in [0.3, 0.4) is 0 Å². The molecule has 0 aliphatic carbocycles. The second-order valence-electron chi connectivity index (χ2n) is 4.74. The molecule has 0 aliphatic heterocycles. The van der Waals surface area contributed by atoms with Crippen molar-refractivity contribution >= 4 is 17.0 Å². The molecule has 1 N–H and O–H groups in total. The van der Waals surface area contributed by atoms with Crippen molar-refractivity contribution in [1.82, 2.24) is 9.47 Å². The zero-order chi connectivity index (χ0) is 14.0. The van der Waals surface area contributed by atoms with E-state index in [2.05, 4.69) is 4.90 Å². The number of benzene rings is 1. The van der Waals surface area contributed by atoms with Gasteiger partial charge in [-0.1, -0.05) is 0 Å². The van der Waals surface area contributed by atoms with Crippen molar-refractivity contribution in [2.75, 3.05) is 27.7 Å². The minimum absolute atomic E-state index is 0.696. The highest BCUT2D eigenvalue weighted by molar-refractivity contribution is 5.92. The summed E-state index contributed by atoms with van der Waals surface area (Å²) in [6, 6.07) is 5.44. The molecule has 2 rings (SSSR count). The third-order valence-corrected chi connectivity index (χ3v) is 3.13. The Balaban J connectivity index is 2.51. The van der Waals surface area contributed by atoms with Crippen LogP contribution in [-0.2, 0) is 6.42 Å². The molecule has 0 atom stereocenters. The van der Waals surface area contributed by atoms with Gasteiger partial charge in [0.2, 0.25) is 0 Å². The molecule has 5 nitrogen and oxygen atoms in total. The fourth-order valence-electron chi connectivity index (χ4n) is 2.11. The van der Waals surface area contributed by atoms with Gasteiger partial charge in [0.05, 0.1) is 12.6 Å². The van der Waals surface area contributed by atoms with Crippen molar-refractivity contribution in [2.24, 2.45) is 0 Å². The number of methoxy groups -OCH3 is 1. The lowest BCUT2D eigenvalue weighted by molar-refractivity contribution is 0.197. The van der Waals surface area contributed by atoms with E-state index in [1.807, 2.05) is 20.2 Å². The molecule has 102 valence electrons. The third kappa shape index (κ3) is 2.71. The fourth-order valence-corrected chi connectivity index (χ4v) is 2.11. The van der Waals surface area contributed by atoms with Crippen molar-refractivity contribution in [1.29, 1.82) is 0 Å². The lowest BCUT2D eigenvalue weighted by atomic mass is 10.1. The van der Waals surface area contributed by atoms with Gasteiger partial charge in [-0.25, -0.2) is 4.79 Å². The number of fused-ring (bicyclic) bond motifs is 1. The molecule has 2 aromatic rings. The van der Waals surface area contributed by atoms with Gasteiger partial charge in [0.15, 0.2) is 0 Å². The Hall–Kier alpha value is -2.01. The van der Waals surface area contributed by atoms with Gasteiger partial charge in [-0.05, 0) is 44.3 Å². The molecule has 1 heterocycles. The topological polar surface area (TPSA) is 54.7 Å². The van der Waals surface area contributed by atoms with Crippen molar-refractivity contribution in [2.45, 2.75) is 6.42 Å².